The molecule has 1 atom stereocenters. The Bertz CT molecular complexity index is 538. The molecule has 1 saturated carbocycles. The van der Waals surface area contributed by atoms with Crippen molar-refractivity contribution in [3.05, 3.63) is 30.3 Å². The van der Waals surface area contributed by atoms with Crippen LogP contribution in [-0.4, -0.2) is 30.1 Å². The highest BCUT2D eigenvalue weighted by atomic mass is 16.5. The number of amides is 1. The van der Waals surface area contributed by atoms with E-state index in [0.717, 1.165) is 25.0 Å². The molecule has 5 heteroatoms. The van der Waals surface area contributed by atoms with Gasteiger partial charge in [0.25, 0.3) is 0 Å². The number of hydrogen-bond acceptors (Lipinski definition) is 3. The largest absolute Gasteiger partial charge is 0.494 e. The summed E-state index contributed by atoms with van der Waals surface area (Å²) in [5, 5.41) is 12.4. The number of para-hydroxylation sites is 1. The van der Waals surface area contributed by atoms with E-state index >= 15 is 0 Å². The Kier molecular flexibility index (Phi) is 6.64. The van der Waals surface area contributed by atoms with Crippen LogP contribution in [0, 0.1) is 11.3 Å². The first kappa shape index (κ1) is 18.3. The number of carbonyl (C=O) groups is 2. The fraction of sp³-hybridized carbons (Fsp3) is 0.579. The van der Waals surface area contributed by atoms with Gasteiger partial charge in [-0.05, 0) is 31.4 Å². The second kappa shape index (κ2) is 8.71. The lowest BCUT2D eigenvalue weighted by molar-refractivity contribution is -0.151. The third-order valence-corrected chi connectivity index (χ3v) is 4.88. The van der Waals surface area contributed by atoms with Gasteiger partial charge in [-0.2, -0.15) is 0 Å². The van der Waals surface area contributed by atoms with Gasteiger partial charge in [0.05, 0.1) is 12.0 Å². The van der Waals surface area contributed by atoms with Crippen molar-refractivity contribution < 1.29 is 19.4 Å². The van der Waals surface area contributed by atoms with E-state index in [9.17, 15) is 14.7 Å². The van der Waals surface area contributed by atoms with E-state index < -0.39 is 11.4 Å². The van der Waals surface area contributed by atoms with E-state index in [1.54, 1.807) is 0 Å². The van der Waals surface area contributed by atoms with E-state index in [4.69, 9.17) is 4.74 Å². The first-order valence-electron chi connectivity index (χ1n) is 8.72. The molecule has 1 aliphatic carbocycles. The van der Waals surface area contributed by atoms with Gasteiger partial charge in [-0.25, -0.2) is 0 Å². The molecule has 0 heterocycles. The van der Waals surface area contributed by atoms with Crippen LogP contribution in [0.1, 0.15) is 45.4 Å². The minimum Gasteiger partial charge on any atom is -0.494 e. The second-order valence-corrected chi connectivity index (χ2v) is 6.72. The van der Waals surface area contributed by atoms with Gasteiger partial charge in [-0.3, -0.25) is 9.59 Å². The SMILES string of the molecule is CC(CCOc1ccccc1)C(=O)NCC1(C(=O)O)CCCCC1. The zero-order chi connectivity index (χ0) is 17.4. The van der Waals surface area contributed by atoms with Gasteiger partial charge in [-0.15, -0.1) is 0 Å². The number of aliphatic carboxylic acids is 1. The molecule has 5 nitrogen and oxygen atoms in total. The summed E-state index contributed by atoms with van der Waals surface area (Å²) >= 11 is 0. The minimum absolute atomic E-state index is 0.0992. The van der Waals surface area contributed by atoms with Crippen LogP contribution in [0.25, 0.3) is 0 Å². The molecule has 0 aliphatic heterocycles. The maximum Gasteiger partial charge on any atom is 0.311 e. The van der Waals surface area contributed by atoms with Gasteiger partial charge < -0.3 is 15.2 Å². The van der Waals surface area contributed by atoms with E-state index in [1.165, 1.54) is 0 Å². The molecule has 1 aromatic rings. The van der Waals surface area contributed by atoms with Crippen molar-refractivity contribution in [1.82, 2.24) is 5.32 Å². The minimum atomic E-state index is -0.789. The monoisotopic (exact) mass is 333 g/mol. The lowest BCUT2D eigenvalue weighted by atomic mass is 9.74. The van der Waals surface area contributed by atoms with E-state index in [1.807, 2.05) is 37.3 Å². The van der Waals surface area contributed by atoms with E-state index in [0.29, 0.717) is 25.9 Å². The Hall–Kier alpha value is -2.04. The van der Waals surface area contributed by atoms with E-state index in [-0.39, 0.29) is 18.4 Å². The number of nitrogens with one attached hydrogen (secondary N) is 1. The molecule has 1 amide bonds. The molecule has 0 radical (unpaired) electrons. The van der Waals surface area contributed by atoms with Gasteiger partial charge in [0.2, 0.25) is 5.91 Å². The quantitative estimate of drug-likeness (QED) is 0.766. The third-order valence-electron chi connectivity index (χ3n) is 4.88. The maximum absolute atomic E-state index is 12.2. The zero-order valence-corrected chi connectivity index (χ0v) is 14.3. The molecule has 1 aromatic carbocycles. The zero-order valence-electron chi connectivity index (χ0n) is 14.3. The Labute approximate surface area is 143 Å². The molecule has 0 saturated heterocycles. The van der Waals surface area contributed by atoms with Crippen LogP contribution in [0.2, 0.25) is 0 Å². The summed E-state index contributed by atoms with van der Waals surface area (Å²) in [6, 6.07) is 9.49. The van der Waals surface area contributed by atoms with E-state index in [2.05, 4.69) is 5.32 Å². The molecular formula is C19H27NO4. The summed E-state index contributed by atoms with van der Waals surface area (Å²) in [7, 11) is 0. The van der Waals surface area contributed by atoms with Crippen molar-refractivity contribution in [3.8, 4) is 5.75 Å². The number of carboxylic acid groups (broad SMARTS) is 1. The van der Waals surface area contributed by atoms with Crippen LogP contribution in [0.3, 0.4) is 0 Å². The summed E-state index contributed by atoms with van der Waals surface area (Å²) in [5.41, 5.74) is -0.784. The van der Waals surface area contributed by atoms with Crippen LogP contribution in [0.5, 0.6) is 5.75 Å². The highest BCUT2D eigenvalue weighted by molar-refractivity contribution is 5.80. The number of carboxylic acids is 1. The van der Waals surface area contributed by atoms with Crippen molar-refractivity contribution >= 4 is 11.9 Å². The standard InChI is InChI=1S/C19H27NO4/c1-15(10-13-24-16-8-4-2-5-9-16)17(21)20-14-19(18(22)23)11-6-3-7-12-19/h2,4-5,8-9,15H,3,6-7,10-14H2,1H3,(H,20,21)(H,22,23). The van der Waals surface area contributed by atoms with Crippen molar-refractivity contribution in [2.24, 2.45) is 11.3 Å². The second-order valence-electron chi connectivity index (χ2n) is 6.72. The summed E-state index contributed by atoms with van der Waals surface area (Å²) < 4.78 is 5.61. The molecule has 132 valence electrons. The predicted octanol–water partition coefficient (Wildman–Crippen LogP) is 3.24. The molecule has 1 unspecified atom stereocenters. The Morgan fingerprint density at radius 1 is 1.21 bits per heavy atom. The predicted molar refractivity (Wildman–Crippen MR) is 91.9 cm³/mol. The highest BCUT2D eigenvalue weighted by Crippen LogP contribution is 2.36. The number of ether oxygens (including phenoxy) is 1. The number of benzene rings is 1. The van der Waals surface area contributed by atoms with Crippen LogP contribution in [-0.2, 0) is 9.59 Å². The first-order valence-corrected chi connectivity index (χ1v) is 8.72. The summed E-state index contributed by atoms with van der Waals surface area (Å²) in [6.07, 6.45) is 4.81. The molecule has 1 aliphatic rings. The fourth-order valence-corrected chi connectivity index (χ4v) is 3.13. The smallest absolute Gasteiger partial charge is 0.311 e. The third kappa shape index (κ3) is 4.98. The molecule has 24 heavy (non-hydrogen) atoms. The summed E-state index contributed by atoms with van der Waals surface area (Å²) in [4.78, 5) is 23.8. The Balaban J connectivity index is 1.75. The molecule has 2 N–H and O–H groups in total. The Morgan fingerprint density at radius 2 is 1.88 bits per heavy atom. The van der Waals surface area contributed by atoms with Gasteiger partial charge >= 0.3 is 5.97 Å². The maximum atomic E-state index is 12.2. The summed E-state index contributed by atoms with van der Waals surface area (Å²) in [6.45, 7) is 2.53. The van der Waals surface area contributed by atoms with Crippen LogP contribution >= 0.6 is 0 Å². The average Bonchev–Trinajstić information content (AvgIpc) is 2.61. The molecule has 0 bridgehead atoms. The highest BCUT2D eigenvalue weighted by Gasteiger charge is 2.39. The number of rotatable bonds is 8. The normalized spacial score (nSPS) is 17.7. The molecule has 2 rings (SSSR count). The topological polar surface area (TPSA) is 75.6 Å². The van der Waals surface area contributed by atoms with Crippen LogP contribution < -0.4 is 10.1 Å². The van der Waals surface area contributed by atoms with Crippen molar-refractivity contribution in [1.29, 1.82) is 0 Å². The van der Waals surface area contributed by atoms with Gasteiger partial charge in [-0.1, -0.05) is 44.4 Å². The lowest BCUT2D eigenvalue weighted by Gasteiger charge is -2.33. The van der Waals surface area contributed by atoms with Crippen molar-refractivity contribution in [2.45, 2.75) is 45.4 Å². The molecule has 1 fully saturated rings. The van der Waals surface area contributed by atoms with Gasteiger partial charge in [0.15, 0.2) is 0 Å². The van der Waals surface area contributed by atoms with Crippen molar-refractivity contribution in [3.63, 3.8) is 0 Å². The van der Waals surface area contributed by atoms with Crippen LogP contribution in [0.4, 0.5) is 0 Å². The van der Waals surface area contributed by atoms with Gasteiger partial charge in [0, 0.05) is 12.5 Å². The lowest BCUT2D eigenvalue weighted by Crippen LogP contribution is -2.45. The molecular weight excluding hydrogens is 306 g/mol. The van der Waals surface area contributed by atoms with Crippen LogP contribution in [0.15, 0.2) is 30.3 Å². The Morgan fingerprint density at radius 3 is 2.50 bits per heavy atom. The number of hydrogen-bond donors (Lipinski definition) is 2. The fourth-order valence-electron chi connectivity index (χ4n) is 3.13. The van der Waals surface area contributed by atoms with Gasteiger partial charge in [0.1, 0.15) is 5.75 Å². The average molecular weight is 333 g/mol. The molecule has 0 spiro atoms. The van der Waals surface area contributed by atoms with Crippen molar-refractivity contribution in [2.75, 3.05) is 13.2 Å². The number of carbonyl (C=O) groups excluding carboxylic acids is 1. The molecule has 0 aromatic heterocycles. The summed E-state index contributed by atoms with van der Waals surface area (Å²) in [5.74, 6) is -0.305. The first-order chi connectivity index (χ1) is 11.5.